The van der Waals surface area contributed by atoms with E-state index in [0.717, 1.165) is 11.8 Å². The molecular formula is C13H24O. The van der Waals surface area contributed by atoms with Crippen molar-refractivity contribution in [3.8, 4) is 0 Å². The van der Waals surface area contributed by atoms with Crippen LogP contribution in [0.5, 0.6) is 0 Å². The molecule has 0 saturated heterocycles. The predicted molar refractivity (Wildman–Crippen MR) is 59.1 cm³/mol. The zero-order valence-corrected chi connectivity index (χ0v) is 9.63. The molecule has 0 heterocycles. The van der Waals surface area contributed by atoms with E-state index < -0.39 is 5.60 Å². The lowest BCUT2D eigenvalue weighted by atomic mass is 9.61. The van der Waals surface area contributed by atoms with Crippen molar-refractivity contribution in [2.45, 2.75) is 64.4 Å². The van der Waals surface area contributed by atoms with Gasteiger partial charge < -0.3 is 5.11 Å². The summed E-state index contributed by atoms with van der Waals surface area (Å²) < 4.78 is 0. The standard InChI is InChI=1S/C13H24O/c1-13(2,14)12-9-5-7-10-6-3-4-8-11(10)12/h10-12,14H,3-9H2,1-2H3/t10?,11?,12-/m1/s1. The number of fused-ring (bicyclic) bond motifs is 1. The SMILES string of the molecule is CC(C)(O)[C@@H]1CCCC2CCCCC21. The Balaban J connectivity index is 2.09. The predicted octanol–water partition coefficient (Wildman–Crippen LogP) is 3.36. The maximum absolute atomic E-state index is 10.2. The number of rotatable bonds is 1. The third-order valence-electron chi connectivity index (χ3n) is 4.48. The molecule has 0 aromatic rings. The van der Waals surface area contributed by atoms with E-state index >= 15 is 0 Å². The van der Waals surface area contributed by atoms with E-state index in [0.29, 0.717) is 5.92 Å². The Morgan fingerprint density at radius 1 is 0.929 bits per heavy atom. The van der Waals surface area contributed by atoms with Crippen molar-refractivity contribution in [1.82, 2.24) is 0 Å². The van der Waals surface area contributed by atoms with Crippen molar-refractivity contribution in [1.29, 1.82) is 0 Å². The van der Waals surface area contributed by atoms with Gasteiger partial charge in [-0.3, -0.25) is 0 Å². The highest BCUT2D eigenvalue weighted by molar-refractivity contribution is 4.91. The van der Waals surface area contributed by atoms with Gasteiger partial charge in [-0.1, -0.05) is 32.1 Å². The Bertz CT molecular complexity index is 190. The van der Waals surface area contributed by atoms with Crippen LogP contribution in [0.1, 0.15) is 58.8 Å². The Hall–Kier alpha value is -0.0400. The van der Waals surface area contributed by atoms with Crippen molar-refractivity contribution in [2.24, 2.45) is 17.8 Å². The van der Waals surface area contributed by atoms with Gasteiger partial charge in [-0.25, -0.2) is 0 Å². The van der Waals surface area contributed by atoms with Crippen molar-refractivity contribution < 1.29 is 5.11 Å². The molecule has 0 amide bonds. The molecule has 0 aromatic carbocycles. The van der Waals surface area contributed by atoms with E-state index in [1.807, 2.05) is 13.8 Å². The van der Waals surface area contributed by atoms with E-state index in [1.165, 1.54) is 44.9 Å². The highest BCUT2D eigenvalue weighted by atomic mass is 16.3. The third-order valence-corrected chi connectivity index (χ3v) is 4.48. The molecule has 2 unspecified atom stereocenters. The highest BCUT2D eigenvalue weighted by Crippen LogP contribution is 2.47. The average Bonchev–Trinajstić information content (AvgIpc) is 2.15. The number of hydrogen-bond donors (Lipinski definition) is 1. The quantitative estimate of drug-likeness (QED) is 0.682. The van der Waals surface area contributed by atoms with E-state index in [9.17, 15) is 5.11 Å². The van der Waals surface area contributed by atoms with Gasteiger partial charge in [-0.05, 0) is 44.4 Å². The van der Waals surface area contributed by atoms with Crippen molar-refractivity contribution in [2.75, 3.05) is 0 Å². The first kappa shape index (κ1) is 10.5. The van der Waals surface area contributed by atoms with Crippen LogP contribution in [0.2, 0.25) is 0 Å². The normalized spacial score (nSPS) is 39.2. The summed E-state index contributed by atoms with van der Waals surface area (Å²) in [5.74, 6) is 2.34. The fourth-order valence-corrected chi connectivity index (χ4v) is 3.82. The molecule has 0 radical (unpaired) electrons. The molecule has 2 rings (SSSR count). The molecule has 1 nitrogen and oxygen atoms in total. The van der Waals surface area contributed by atoms with Gasteiger partial charge in [0, 0.05) is 0 Å². The molecule has 2 saturated carbocycles. The molecular weight excluding hydrogens is 172 g/mol. The van der Waals surface area contributed by atoms with Gasteiger partial charge in [-0.2, -0.15) is 0 Å². The number of aliphatic hydroxyl groups is 1. The first-order valence-electron chi connectivity index (χ1n) is 6.31. The van der Waals surface area contributed by atoms with Crippen LogP contribution >= 0.6 is 0 Å². The van der Waals surface area contributed by atoms with Crippen molar-refractivity contribution in [3.63, 3.8) is 0 Å². The van der Waals surface area contributed by atoms with Crippen LogP contribution < -0.4 is 0 Å². The maximum atomic E-state index is 10.2. The molecule has 2 aliphatic carbocycles. The Morgan fingerprint density at radius 2 is 1.57 bits per heavy atom. The summed E-state index contributed by atoms with van der Waals surface area (Å²) in [7, 11) is 0. The second kappa shape index (κ2) is 3.84. The molecule has 1 N–H and O–H groups in total. The van der Waals surface area contributed by atoms with Gasteiger partial charge in [-0.15, -0.1) is 0 Å². The summed E-state index contributed by atoms with van der Waals surface area (Å²) in [4.78, 5) is 0. The maximum Gasteiger partial charge on any atom is 0.0622 e. The second-order valence-electron chi connectivity index (χ2n) is 5.90. The molecule has 0 aliphatic heterocycles. The topological polar surface area (TPSA) is 20.2 Å². The fourth-order valence-electron chi connectivity index (χ4n) is 3.82. The van der Waals surface area contributed by atoms with E-state index in [2.05, 4.69) is 0 Å². The fraction of sp³-hybridized carbons (Fsp3) is 1.00. The first-order valence-corrected chi connectivity index (χ1v) is 6.31. The molecule has 1 heteroatoms. The van der Waals surface area contributed by atoms with Crippen LogP contribution in [0.4, 0.5) is 0 Å². The third kappa shape index (κ3) is 1.98. The minimum absolute atomic E-state index is 0.444. The zero-order valence-electron chi connectivity index (χ0n) is 9.63. The summed E-state index contributed by atoms with van der Waals surface area (Å²) in [6.45, 7) is 4.02. The Kier molecular flexibility index (Phi) is 2.88. The summed E-state index contributed by atoms with van der Waals surface area (Å²) in [5.41, 5.74) is -0.444. The van der Waals surface area contributed by atoms with Crippen LogP contribution in [0.25, 0.3) is 0 Å². The zero-order chi connectivity index (χ0) is 10.2. The summed E-state index contributed by atoms with van der Waals surface area (Å²) >= 11 is 0. The van der Waals surface area contributed by atoms with Crippen LogP contribution in [0.15, 0.2) is 0 Å². The van der Waals surface area contributed by atoms with Gasteiger partial charge in [0.2, 0.25) is 0 Å². The van der Waals surface area contributed by atoms with E-state index in [4.69, 9.17) is 0 Å². The van der Waals surface area contributed by atoms with Crippen LogP contribution in [0, 0.1) is 17.8 Å². The molecule has 14 heavy (non-hydrogen) atoms. The van der Waals surface area contributed by atoms with Crippen LogP contribution in [-0.4, -0.2) is 10.7 Å². The van der Waals surface area contributed by atoms with Crippen LogP contribution in [0.3, 0.4) is 0 Å². The lowest BCUT2D eigenvalue weighted by Crippen LogP contribution is -2.42. The smallest absolute Gasteiger partial charge is 0.0622 e. The molecule has 2 fully saturated rings. The van der Waals surface area contributed by atoms with Gasteiger partial charge >= 0.3 is 0 Å². The molecule has 0 aromatic heterocycles. The molecule has 3 atom stereocenters. The van der Waals surface area contributed by atoms with Gasteiger partial charge in [0.25, 0.3) is 0 Å². The molecule has 2 aliphatic rings. The lowest BCUT2D eigenvalue weighted by Gasteiger charge is -2.46. The van der Waals surface area contributed by atoms with E-state index in [-0.39, 0.29) is 0 Å². The molecule has 0 bridgehead atoms. The molecule has 82 valence electrons. The Labute approximate surface area is 87.9 Å². The summed E-state index contributed by atoms with van der Waals surface area (Å²) in [6.07, 6.45) is 9.65. The first-order chi connectivity index (χ1) is 6.59. The summed E-state index contributed by atoms with van der Waals surface area (Å²) in [6, 6.07) is 0. The number of hydrogen-bond acceptors (Lipinski definition) is 1. The van der Waals surface area contributed by atoms with Crippen molar-refractivity contribution >= 4 is 0 Å². The van der Waals surface area contributed by atoms with Crippen molar-refractivity contribution in [3.05, 3.63) is 0 Å². The van der Waals surface area contributed by atoms with Crippen LogP contribution in [-0.2, 0) is 0 Å². The lowest BCUT2D eigenvalue weighted by molar-refractivity contribution is -0.0553. The van der Waals surface area contributed by atoms with E-state index in [1.54, 1.807) is 0 Å². The minimum atomic E-state index is -0.444. The largest absolute Gasteiger partial charge is 0.390 e. The highest BCUT2D eigenvalue weighted by Gasteiger charge is 2.41. The second-order valence-corrected chi connectivity index (χ2v) is 5.90. The summed E-state index contributed by atoms with van der Waals surface area (Å²) in [5, 5.41) is 10.2. The Morgan fingerprint density at radius 3 is 2.29 bits per heavy atom. The average molecular weight is 196 g/mol. The molecule has 0 spiro atoms. The van der Waals surface area contributed by atoms with Gasteiger partial charge in [0.05, 0.1) is 5.60 Å². The van der Waals surface area contributed by atoms with Gasteiger partial charge in [0.1, 0.15) is 0 Å². The van der Waals surface area contributed by atoms with Gasteiger partial charge in [0.15, 0.2) is 0 Å². The minimum Gasteiger partial charge on any atom is -0.390 e. The monoisotopic (exact) mass is 196 g/mol.